The van der Waals surface area contributed by atoms with Crippen LogP contribution in [0, 0.1) is 5.41 Å². The van der Waals surface area contributed by atoms with Crippen molar-refractivity contribution in [2.45, 2.75) is 39.3 Å². The molecule has 0 bridgehead atoms. The number of alkyl halides is 3. The van der Waals surface area contributed by atoms with E-state index in [1.165, 1.54) is 12.1 Å². The molecule has 4 nitrogen and oxygen atoms in total. The molecular weight excluding hydrogens is 405 g/mol. The summed E-state index contributed by atoms with van der Waals surface area (Å²) in [5, 5.41) is 0. The second-order valence-corrected chi connectivity index (χ2v) is 8.51. The van der Waals surface area contributed by atoms with Crippen LogP contribution in [0.3, 0.4) is 0 Å². The van der Waals surface area contributed by atoms with Gasteiger partial charge < -0.3 is 4.98 Å². The standard InChI is InChI=1S/C24H23F3N2O2/c1-23(2,3)18(15-9-11-17(12-10-15)24(25,26)27)13-20(30)19-14-21(31)29-22(28-19)16-7-5-4-6-8-16/h4-12,14,18H,13H2,1-3H3,(H,28,29,31)/t18-/m0/s1. The van der Waals surface area contributed by atoms with Gasteiger partial charge >= 0.3 is 6.18 Å². The summed E-state index contributed by atoms with van der Waals surface area (Å²) in [6.07, 6.45) is -4.41. The number of carbonyl (C=O) groups is 1. The Morgan fingerprint density at radius 3 is 2.16 bits per heavy atom. The number of H-pyrrole nitrogens is 1. The Morgan fingerprint density at radius 1 is 1.00 bits per heavy atom. The van der Waals surface area contributed by atoms with Gasteiger partial charge in [-0.2, -0.15) is 13.2 Å². The van der Waals surface area contributed by atoms with E-state index in [0.29, 0.717) is 17.0 Å². The molecule has 2 aromatic carbocycles. The molecule has 3 aromatic rings. The fraction of sp³-hybridized carbons (Fsp3) is 0.292. The SMILES string of the molecule is CC(C)(C)[C@@H](CC(=O)c1cc(=O)[nH]c(-c2ccccc2)n1)c1ccc(C(F)(F)F)cc1. The van der Waals surface area contributed by atoms with Crippen LogP contribution in [0.5, 0.6) is 0 Å². The summed E-state index contributed by atoms with van der Waals surface area (Å²) < 4.78 is 38.7. The number of nitrogens with zero attached hydrogens (tertiary/aromatic N) is 1. The molecule has 0 saturated heterocycles. The van der Waals surface area contributed by atoms with Crippen molar-refractivity contribution in [1.29, 1.82) is 0 Å². The molecule has 1 heterocycles. The highest BCUT2D eigenvalue weighted by atomic mass is 19.4. The second kappa shape index (κ2) is 8.49. The van der Waals surface area contributed by atoms with Crippen molar-refractivity contribution in [2.24, 2.45) is 5.41 Å². The van der Waals surface area contributed by atoms with Crippen molar-refractivity contribution in [1.82, 2.24) is 9.97 Å². The number of aromatic nitrogens is 2. The molecule has 31 heavy (non-hydrogen) atoms. The largest absolute Gasteiger partial charge is 0.416 e. The van der Waals surface area contributed by atoms with Gasteiger partial charge in [-0.15, -0.1) is 0 Å². The first-order chi connectivity index (χ1) is 14.4. The molecule has 0 radical (unpaired) electrons. The zero-order valence-electron chi connectivity index (χ0n) is 17.5. The highest BCUT2D eigenvalue weighted by Crippen LogP contribution is 2.39. The van der Waals surface area contributed by atoms with Gasteiger partial charge in [-0.25, -0.2) is 4.98 Å². The molecule has 162 valence electrons. The molecule has 0 unspecified atom stereocenters. The summed E-state index contributed by atoms with van der Waals surface area (Å²) in [4.78, 5) is 32.1. The summed E-state index contributed by atoms with van der Waals surface area (Å²) in [7, 11) is 0. The fourth-order valence-corrected chi connectivity index (χ4v) is 3.45. The van der Waals surface area contributed by atoms with Crippen molar-refractivity contribution < 1.29 is 18.0 Å². The third-order valence-corrected chi connectivity index (χ3v) is 5.15. The summed E-state index contributed by atoms with van der Waals surface area (Å²) in [5.41, 5.74) is -0.257. The number of aromatic amines is 1. The number of Topliss-reactive ketones (excluding diaryl/α,β-unsaturated/α-hetero) is 1. The van der Waals surface area contributed by atoms with E-state index in [1.807, 2.05) is 26.8 Å². The van der Waals surface area contributed by atoms with Gasteiger partial charge in [0, 0.05) is 18.1 Å². The quantitative estimate of drug-likeness (QED) is 0.518. The normalized spacial score (nSPS) is 13.1. The summed E-state index contributed by atoms with van der Waals surface area (Å²) in [5.74, 6) is -0.412. The maximum absolute atomic E-state index is 13.0. The van der Waals surface area contributed by atoms with E-state index in [0.717, 1.165) is 18.2 Å². The van der Waals surface area contributed by atoms with Gasteiger partial charge in [-0.3, -0.25) is 9.59 Å². The van der Waals surface area contributed by atoms with Crippen molar-refractivity contribution in [3.63, 3.8) is 0 Å². The Kier molecular flexibility index (Phi) is 6.15. The fourth-order valence-electron chi connectivity index (χ4n) is 3.45. The van der Waals surface area contributed by atoms with Crippen LogP contribution in [-0.4, -0.2) is 15.8 Å². The Labute approximate surface area is 178 Å². The van der Waals surface area contributed by atoms with Gasteiger partial charge in [0.05, 0.1) is 5.56 Å². The zero-order chi connectivity index (χ0) is 22.8. The molecule has 0 amide bonds. The molecule has 3 rings (SSSR count). The lowest BCUT2D eigenvalue weighted by atomic mass is 9.73. The van der Waals surface area contributed by atoms with E-state index >= 15 is 0 Å². The lowest BCUT2D eigenvalue weighted by Crippen LogP contribution is -2.23. The van der Waals surface area contributed by atoms with Gasteiger partial charge in [0.15, 0.2) is 5.78 Å². The predicted octanol–water partition coefficient (Wildman–Crippen LogP) is 5.86. The first kappa shape index (κ1) is 22.5. The highest BCUT2D eigenvalue weighted by molar-refractivity contribution is 5.95. The molecule has 1 N–H and O–H groups in total. The maximum Gasteiger partial charge on any atom is 0.416 e. The number of carbonyl (C=O) groups excluding carboxylic acids is 1. The van der Waals surface area contributed by atoms with Crippen LogP contribution < -0.4 is 5.56 Å². The second-order valence-electron chi connectivity index (χ2n) is 8.51. The third kappa shape index (κ3) is 5.48. The predicted molar refractivity (Wildman–Crippen MR) is 113 cm³/mol. The van der Waals surface area contributed by atoms with Crippen molar-refractivity contribution in [3.05, 3.63) is 87.8 Å². The molecule has 0 fully saturated rings. The molecule has 0 spiro atoms. The average Bonchev–Trinajstić information content (AvgIpc) is 2.70. The van der Waals surface area contributed by atoms with Crippen molar-refractivity contribution >= 4 is 5.78 Å². The van der Waals surface area contributed by atoms with E-state index in [9.17, 15) is 22.8 Å². The van der Waals surface area contributed by atoms with Crippen LogP contribution in [0.1, 0.15) is 54.7 Å². The van der Waals surface area contributed by atoms with Gasteiger partial charge in [0.2, 0.25) is 0 Å². The monoisotopic (exact) mass is 428 g/mol. The zero-order valence-corrected chi connectivity index (χ0v) is 17.5. The molecule has 0 saturated carbocycles. The molecular formula is C24H23F3N2O2. The summed E-state index contributed by atoms with van der Waals surface area (Å²) in [6.45, 7) is 5.76. The molecule has 1 aromatic heterocycles. The van der Waals surface area contributed by atoms with E-state index < -0.39 is 22.7 Å². The van der Waals surface area contributed by atoms with Crippen LogP contribution in [0.2, 0.25) is 0 Å². The van der Waals surface area contributed by atoms with E-state index in [2.05, 4.69) is 9.97 Å². The molecule has 7 heteroatoms. The third-order valence-electron chi connectivity index (χ3n) is 5.15. The number of rotatable bonds is 5. The molecule has 0 aliphatic carbocycles. The van der Waals surface area contributed by atoms with Gasteiger partial charge in [-0.05, 0) is 29.0 Å². The highest BCUT2D eigenvalue weighted by Gasteiger charge is 2.33. The topological polar surface area (TPSA) is 62.8 Å². The van der Waals surface area contributed by atoms with E-state index in [1.54, 1.807) is 24.3 Å². The Hall–Kier alpha value is -3.22. The lowest BCUT2D eigenvalue weighted by molar-refractivity contribution is -0.137. The number of halogens is 3. The Balaban J connectivity index is 1.92. The first-order valence-corrected chi connectivity index (χ1v) is 9.82. The van der Waals surface area contributed by atoms with Crippen molar-refractivity contribution in [3.8, 4) is 11.4 Å². The van der Waals surface area contributed by atoms with Crippen LogP contribution in [0.25, 0.3) is 11.4 Å². The lowest BCUT2D eigenvalue weighted by Gasteiger charge is -2.31. The number of ketones is 1. The number of hydrogen-bond donors (Lipinski definition) is 1. The Morgan fingerprint density at radius 2 is 1.61 bits per heavy atom. The van der Waals surface area contributed by atoms with Gasteiger partial charge in [0.25, 0.3) is 5.56 Å². The minimum atomic E-state index is -4.42. The van der Waals surface area contributed by atoms with Crippen molar-refractivity contribution in [2.75, 3.05) is 0 Å². The number of benzene rings is 2. The minimum absolute atomic E-state index is 0.0134. The molecule has 1 atom stereocenters. The maximum atomic E-state index is 13.0. The van der Waals surface area contributed by atoms with Crippen LogP contribution in [0.4, 0.5) is 13.2 Å². The van der Waals surface area contributed by atoms with Crippen LogP contribution in [0.15, 0.2) is 65.5 Å². The molecule has 0 aliphatic rings. The summed E-state index contributed by atoms with van der Waals surface area (Å²) >= 11 is 0. The van der Waals surface area contributed by atoms with Gasteiger partial charge in [0.1, 0.15) is 11.5 Å². The Bertz CT molecular complexity index is 1110. The number of nitrogens with one attached hydrogen (secondary N) is 1. The summed E-state index contributed by atoms with van der Waals surface area (Å²) in [6, 6.07) is 15.0. The van der Waals surface area contributed by atoms with E-state index in [4.69, 9.17) is 0 Å². The minimum Gasteiger partial charge on any atom is -0.306 e. The smallest absolute Gasteiger partial charge is 0.306 e. The first-order valence-electron chi connectivity index (χ1n) is 9.82. The van der Waals surface area contributed by atoms with E-state index in [-0.39, 0.29) is 23.8 Å². The molecule has 0 aliphatic heterocycles. The van der Waals surface area contributed by atoms with Gasteiger partial charge in [-0.1, -0.05) is 63.2 Å². The number of hydrogen-bond acceptors (Lipinski definition) is 3. The van der Waals surface area contributed by atoms with Crippen LogP contribution in [-0.2, 0) is 6.18 Å². The average molecular weight is 428 g/mol. The van der Waals surface area contributed by atoms with Crippen LogP contribution >= 0.6 is 0 Å².